The third kappa shape index (κ3) is 3.84. The standard InChI is InChI=1S/C18H21NO/c1-3-8-16(9-4-1)14-19(13-7-12-18-15-20-18)17-10-5-2-6-11-17/h1-6,8-11,18H,7,12-15H2. The van der Waals surface area contributed by atoms with Gasteiger partial charge in [-0.15, -0.1) is 0 Å². The zero-order valence-corrected chi connectivity index (χ0v) is 11.7. The lowest BCUT2D eigenvalue weighted by Crippen LogP contribution is -2.24. The van der Waals surface area contributed by atoms with Gasteiger partial charge in [0.05, 0.1) is 12.7 Å². The van der Waals surface area contributed by atoms with E-state index in [1.807, 2.05) is 0 Å². The molecule has 104 valence electrons. The number of rotatable bonds is 7. The van der Waals surface area contributed by atoms with Crippen LogP contribution in [-0.4, -0.2) is 19.3 Å². The molecule has 1 atom stereocenters. The Hall–Kier alpha value is -1.80. The maximum absolute atomic E-state index is 5.30. The predicted octanol–water partition coefficient (Wildman–Crippen LogP) is 3.87. The van der Waals surface area contributed by atoms with Crippen LogP contribution in [-0.2, 0) is 11.3 Å². The summed E-state index contributed by atoms with van der Waals surface area (Å²) in [6, 6.07) is 21.3. The zero-order chi connectivity index (χ0) is 13.6. The van der Waals surface area contributed by atoms with Gasteiger partial charge in [-0.1, -0.05) is 48.5 Å². The van der Waals surface area contributed by atoms with Crippen LogP contribution >= 0.6 is 0 Å². The first-order chi connectivity index (χ1) is 9.92. The number of epoxide rings is 1. The van der Waals surface area contributed by atoms with Crippen LogP contribution in [0, 0.1) is 0 Å². The number of hydrogen-bond donors (Lipinski definition) is 0. The van der Waals surface area contributed by atoms with Crippen LogP contribution in [0.15, 0.2) is 60.7 Å². The molecule has 2 nitrogen and oxygen atoms in total. The lowest BCUT2D eigenvalue weighted by molar-refractivity contribution is 0.392. The molecule has 2 aromatic rings. The minimum Gasteiger partial charge on any atom is -0.373 e. The number of anilines is 1. The fraction of sp³-hybridized carbons (Fsp3) is 0.333. The highest BCUT2D eigenvalue weighted by Gasteiger charge is 2.21. The van der Waals surface area contributed by atoms with E-state index in [1.165, 1.54) is 24.1 Å². The van der Waals surface area contributed by atoms with Crippen molar-refractivity contribution in [2.24, 2.45) is 0 Å². The lowest BCUT2D eigenvalue weighted by Gasteiger charge is -2.25. The molecular weight excluding hydrogens is 246 g/mol. The summed E-state index contributed by atoms with van der Waals surface area (Å²) in [6.07, 6.45) is 2.90. The molecule has 0 N–H and O–H groups in total. The van der Waals surface area contributed by atoms with E-state index in [1.54, 1.807) is 0 Å². The van der Waals surface area contributed by atoms with Crippen LogP contribution < -0.4 is 4.90 Å². The van der Waals surface area contributed by atoms with Crippen molar-refractivity contribution in [1.29, 1.82) is 0 Å². The fourth-order valence-electron chi connectivity index (χ4n) is 2.49. The fourth-order valence-corrected chi connectivity index (χ4v) is 2.49. The third-order valence-corrected chi connectivity index (χ3v) is 3.69. The van der Waals surface area contributed by atoms with Gasteiger partial charge in [0.2, 0.25) is 0 Å². The molecule has 1 aliphatic rings. The van der Waals surface area contributed by atoms with Gasteiger partial charge in [0, 0.05) is 18.8 Å². The van der Waals surface area contributed by atoms with E-state index in [9.17, 15) is 0 Å². The summed E-state index contributed by atoms with van der Waals surface area (Å²) in [5.74, 6) is 0. The molecule has 2 heteroatoms. The van der Waals surface area contributed by atoms with Crippen LogP contribution in [0.2, 0.25) is 0 Å². The molecule has 2 aromatic carbocycles. The Bertz CT molecular complexity index is 507. The molecule has 1 aliphatic heterocycles. The van der Waals surface area contributed by atoms with Gasteiger partial charge in [-0.25, -0.2) is 0 Å². The van der Waals surface area contributed by atoms with E-state index in [-0.39, 0.29) is 0 Å². The Morgan fingerprint density at radius 1 is 0.950 bits per heavy atom. The molecule has 20 heavy (non-hydrogen) atoms. The van der Waals surface area contributed by atoms with E-state index >= 15 is 0 Å². The molecule has 3 rings (SSSR count). The number of ether oxygens (including phenoxy) is 1. The first kappa shape index (κ1) is 13.2. The van der Waals surface area contributed by atoms with E-state index in [4.69, 9.17) is 4.74 Å². The smallest absolute Gasteiger partial charge is 0.0810 e. The lowest BCUT2D eigenvalue weighted by atomic mass is 10.1. The van der Waals surface area contributed by atoms with Crippen LogP contribution in [0.1, 0.15) is 18.4 Å². The van der Waals surface area contributed by atoms with Gasteiger partial charge < -0.3 is 9.64 Å². The van der Waals surface area contributed by atoms with Gasteiger partial charge in [-0.05, 0) is 30.5 Å². The zero-order valence-electron chi connectivity index (χ0n) is 11.7. The van der Waals surface area contributed by atoms with Crippen LogP contribution in [0.5, 0.6) is 0 Å². The average molecular weight is 267 g/mol. The maximum Gasteiger partial charge on any atom is 0.0810 e. The summed E-state index contributed by atoms with van der Waals surface area (Å²) in [4.78, 5) is 2.46. The Balaban J connectivity index is 1.65. The molecule has 0 amide bonds. The second-order valence-corrected chi connectivity index (χ2v) is 5.34. The van der Waals surface area contributed by atoms with Gasteiger partial charge in [0.25, 0.3) is 0 Å². The highest BCUT2D eigenvalue weighted by atomic mass is 16.6. The summed E-state index contributed by atoms with van der Waals surface area (Å²) in [6.45, 7) is 3.01. The monoisotopic (exact) mass is 267 g/mol. The molecule has 1 fully saturated rings. The summed E-state index contributed by atoms with van der Waals surface area (Å²) in [5.41, 5.74) is 2.66. The van der Waals surface area contributed by atoms with Gasteiger partial charge in [0.1, 0.15) is 0 Å². The molecular formula is C18H21NO. The number of nitrogens with zero attached hydrogens (tertiary/aromatic N) is 1. The first-order valence-electron chi connectivity index (χ1n) is 7.37. The highest BCUT2D eigenvalue weighted by molar-refractivity contribution is 5.46. The Labute approximate surface area is 121 Å². The van der Waals surface area contributed by atoms with E-state index in [2.05, 4.69) is 65.6 Å². The number of hydrogen-bond acceptors (Lipinski definition) is 2. The Morgan fingerprint density at radius 3 is 2.25 bits per heavy atom. The quantitative estimate of drug-likeness (QED) is 0.708. The highest BCUT2D eigenvalue weighted by Crippen LogP contribution is 2.20. The normalized spacial score (nSPS) is 16.9. The summed E-state index contributed by atoms with van der Waals surface area (Å²) < 4.78 is 5.30. The molecule has 0 radical (unpaired) electrons. The maximum atomic E-state index is 5.30. The van der Waals surface area contributed by atoms with Gasteiger partial charge >= 0.3 is 0 Å². The number of para-hydroxylation sites is 1. The van der Waals surface area contributed by atoms with E-state index in [0.717, 1.165) is 19.7 Å². The van der Waals surface area contributed by atoms with E-state index in [0.29, 0.717) is 6.10 Å². The number of benzene rings is 2. The van der Waals surface area contributed by atoms with Crippen molar-refractivity contribution >= 4 is 5.69 Å². The second-order valence-electron chi connectivity index (χ2n) is 5.34. The topological polar surface area (TPSA) is 15.8 Å². The van der Waals surface area contributed by atoms with Crippen molar-refractivity contribution in [2.75, 3.05) is 18.1 Å². The summed E-state index contributed by atoms with van der Waals surface area (Å²) >= 11 is 0. The molecule has 0 aliphatic carbocycles. The summed E-state index contributed by atoms with van der Waals surface area (Å²) in [5, 5.41) is 0. The van der Waals surface area contributed by atoms with Gasteiger partial charge in [-0.3, -0.25) is 0 Å². The van der Waals surface area contributed by atoms with Crippen molar-refractivity contribution < 1.29 is 4.74 Å². The van der Waals surface area contributed by atoms with E-state index < -0.39 is 0 Å². The molecule has 1 heterocycles. The first-order valence-corrected chi connectivity index (χ1v) is 7.37. The molecule has 0 aromatic heterocycles. The molecule has 0 spiro atoms. The molecule has 1 unspecified atom stereocenters. The van der Waals surface area contributed by atoms with Crippen LogP contribution in [0.4, 0.5) is 5.69 Å². The van der Waals surface area contributed by atoms with Crippen LogP contribution in [0.25, 0.3) is 0 Å². The van der Waals surface area contributed by atoms with Gasteiger partial charge in [-0.2, -0.15) is 0 Å². The van der Waals surface area contributed by atoms with Crippen molar-refractivity contribution in [3.8, 4) is 0 Å². The van der Waals surface area contributed by atoms with Crippen molar-refractivity contribution in [2.45, 2.75) is 25.5 Å². The molecule has 1 saturated heterocycles. The largest absolute Gasteiger partial charge is 0.373 e. The Morgan fingerprint density at radius 2 is 1.60 bits per heavy atom. The van der Waals surface area contributed by atoms with Crippen molar-refractivity contribution in [3.05, 3.63) is 66.2 Å². The molecule has 0 bridgehead atoms. The molecule has 0 saturated carbocycles. The Kier molecular flexibility index (Phi) is 4.34. The van der Waals surface area contributed by atoms with Crippen molar-refractivity contribution in [3.63, 3.8) is 0 Å². The summed E-state index contributed by atoms with van der Waals surface area (Å²) in [7, 11) is 0. The predicted molar refractivity (Wildman–Crippen MR) is 82.9 cm³/mol. The minimum atomic E-state index is 0.532. The van der Waals surface area contributed by atoms with Crippen molar-refractivity contribution in [1.82, 2.24) is 0 Å². The van der Waals surface area contributed by atoms with Gasteiger partial charge in [0.15, 0.2) is 0 Å². The third-order valence-electron chi connectivity index (χ3n) is 3.69. The minimum absolute atomic E-state index is 0.532. The second kappa shape index (κ2) is 6.58. The SMILES string of the molecule is c1ccc(CN(CCCC2CO2)c2ccccc2)cc1. The van der Waals surface area contributed by atoms with Crippen LogP contribution in [0.3, 0.4) is 0 Å². The average Bonchev–Trinajstić information content (AvgIpc) is 3.32.